The van der Waals surface area contributed by atoms with Gasteiger partial charge in [0, 0.05) is 23.4 Å². The number of para-hydroxylation sites is 1. The van der Waals surface area contributed by atoms with Crippen molar-refractivity contribution in [3.8, 4) is 11.5 Å². The molecule has 2 heterocycles. The van der Waals surface area contributed by atoms with Crippen LogP contribution in [0.15, 0.2) is 72.8 Å². The molecule has 0 aromatic heterocycles. The molecule has 224 valence electrons. The van der Waals surface area contributed by atoms with Gasteiger partial charge in [-0.2, -0.15) is 13.8 Å². The van der Waals surface area contributed by atoms with E-state index in [2.05, 4.69) is 16.1 Å². The Morgan fingerprint density at radius 2 is 1.67 bits per heavy atom. The lowest BCUT2D eigenvalue weighted by atomic mass is 9.75. The van der Waals surface area contributed by atoms with Gasteiger partial charge in [-0.3, -0.25) is 4.79 Å². The maximum Gasteiger partial charge on any atom is 0.321 e. The van der Waals surface area contributed by atoms with E-state index in [0.29, 0.717) is 29.5 Å². The number of carbonyl (C=O) groups is 1. The predicted molar refractivity (Wildman–Crippen MR) is 163 cm³/mol. The molecule has 2 unspecified atom stereocenters. The lowest BCUT2D eigenvalue weighted by Crippen LogP contribution is -2.68. The van der Waals surface area contributed by atoms with Gasteiger partial charge in [-0.25, -0.2) is 0 Å². The average Bonchev–Trinajstić information content (AvgIpc) is 3.27. The van der Waals surface area contributed by atoms with Gasteiger partial charge in [-0.1, -0.05) is 52.5 Å². The Kier molecular flexibility index (Phi) is 8.74. The standard InChI is InChI=1S/C31H38N4O6S/c1-39-28-14-13-24(19-29(28)40-2)33-26(21-41-20-23-9-5-4-6-10-23)30(36)34-35(42(3,37)38)22-31(15-17-32-18-16-31)25-11-7-8-12-27(25)35/h4-14,19,26,32-33H,15-18,20-22H2,1-3H3/p+1. The fourth-order valence-corrected chi connectivity index (χ4v) is 7.33. The lowest BCUT2D eigenvalue weighted by Gasteiger charge is -2.36. The second-order valence-corrected chi connectivity index (χ2v) is 13.0. The number of methoxy groups -OCH3 is 2. The predicted octanol–water partition coefficient (Wildman–Crippen LogP) is 3.33. The van der Waals surface area contributed by atoms with Crippen LogP contribution in [-0.2, 0) is 31.6 Å². The molecule has 2 aliphatic heterocycles. The van der Waals surface area contributed by atoms with E-state index in [1.165, 1.54) is 13.4 Å². The third-order valence-electron chi connectivity index (χ3n) is 8.24. The van der Waals surface area contributed by atoms with Crippen LogP contribution >= 0.6 is 0 Å². The summed E-state index contributed by atoms with van der Waals surface area (Å²) in [5, 5.41) is 6.63. The highest BCUT2D eigenvalue weighted by Gasteiger charge is 2.60. The summed E-state index contributed by atoms with van der Waals surface area (Å²) in [6.07, 6.45) is 2.75. The van der Waals surface area contributed by atoms with Crippen LogP contribution in [0.2, 0.25) is 0 Å². The number of benzene rings is 3. The molecule has 0 radical (unpaired) electrons. The molecule has 10 nitrogen and oxygen atoms in total. The summed E-state index contributed by atoms with van der Waals surface area (Å²) in [5.74, 6) is 0.545. The van der Waals surface area contributed by atoms with Gasteiger partial charge in [0.15, 0.2) is 17.2 Å². The van der Waals surface area contributed by atoms with Gasteiger partial charge in [0.2, 0.25) is 0 Å². The Bertz CT molecular complexity index is 1510. The molecule has 1 amide bonds. The van der Waals surface area contributed by atoms with Crippen LogP contribution in [0, 0.1) is 0 Å². The van der Waals surface area contributed by atoms with Crippen LogP contribution in [0.25, 0.3) is 0 Å². The van der Waals surface area contributed by atoms with Crippen molar-refractivity contribution < 1.29 is 27.4 Å². The molecule has 5 rings (SSSR count). The number of hydrogen-bond donors (Lipinski definition) is 3. The van der Waals surface area contributed by atoms with E-state index in [4.69, 9.17) is 14.2 Å². The molecule has 0 saturated carbocycles. The normalized spacial score (nSPS) is 20.0. The number of rotatable bonds is 11. The Morgan fingerprint density at radius 1 is 0.976 bits per heavy atom. The summed E-state index contributed by atoms with van der Waals surface area (Å²) in [6, 6.07) is 21.6. The largest absolute Gasteiger partial charge is 0.493 e. The Labute approximate surface area is 247 Å². The number of nitrogens with one attached hydrogen (secondary N) is 3. The molecule has 3 N–H and O–H groups in total. The molecule has 3 aromatic carbocycles. The minimum atomic E-state index is -3.86. The first-order valence-corrected chi connectivity index (χ1v) is 15.9. The number of nitrogens with zero attached hydrogens (tertiary/aromatic N) is 1. The van der Waals surface area contributed by atoms with E-state index in [9.17, 15) is 13.2 Å². The summed E-state index contributed by atoms with van der Waals surface area (Å²) in [7, 11) is -0.768. The van der Waals surface area contributed by atoms with Gasteiger partial charge >= 0.3 is 10.0 Å². The van der Waals surface area contributed by atoms with Crippen molar-refractivity contribution in [3.63, 3.8) is 0 Å². The monoisotopic (exact) mass is 595 g/mol. The number of fused-ring (bicyclic) bond motifs is 2. The summed E-state index contributed by atoms with van der Waals surface area (Å²) in [5.41, 5.74) is 5.73. The molecule has 1 fully saturated rings. The Morgan fingerprint density at radius 3 is 2.36 bits per heavy atom. The quantitative estimate of drug-likeness (QED) is 0.289. The fraction of sp³-hybridized carbons (Fsp3) is 0.387. The van der Waals surface area contributed by atoms with Gasteiger partial charge in [0.25, 0.3) is 5.91 Å². The molecule has 1 saturated heterocycles. The number of sulfonamides is 1. The van der Waals surface area contributed by atoms with E-state index >= 15 is 0 Å². The minimum Gasteiger partial charge on any atom is -0.493 e. The number of anilines is 1. The van der Waals surface area contributed by atoms with Crippen molar-refractivity contribution in [2.45, 2.75) is 30.9 Å². The van der Waals surface area contributed by atoms with Crippen LogP contribution in [-0.4, -0.2) is 67.1 Å². The van der Waals surface area contributed by atoms with E-state index < -0.39 is 26.0 Å². The third-order valence-corrected chi connectivity index (χ3v) is 9.79. The first kappa shape index (κ1) is 29.8. The maximum absolute atomic E-state index is 14.2. The summed E-state index contributed by atoms with van der Waals surface area (Å²) < 4.78 is 43.5. The molecule has 1 spiro atoms. The number of hydrogen-bond acceptors (Lipinski definition) is 8. The summed E-state index contributed by atoms with van der Waals surface area (Å²) in [6.45, 7) is 2.08. The van der Waals surface area contributed by atoms with Crippen LogP contribution in [0.4, 0.5) is 11.4 Å². The number of piperidine rings is 1. The second-order valence-electron chi connectivity index (χ2n) is 10.9. The Balaban J connectivity index is 1.47. The van der Waals surface area contributed by atoms with Crippen molar-refractivity contribution in [2.75, 3.05) is 52.0 Å². The van der Waals surface area contributed by atoms with Crippen LogP contribution < -0.4 is 29.5 Å². The molecule has 0 bridgehead atoms. The molecule has 42 heavy (non-hydrogen) atoms. The van der Waals surface area contributed by atoms with Crippen molar-refractivity contribution >= 4 is 27.3 Å². The Hall–Kier alpha value is -3.64. The van der Waals surface area contributed by atoms with E-state index in [1.54, 1.807) is 25.3 Å². The van der Waals surface area contributed by atoms with Crippen LogP contribution in [0.3, 0.4) is 0 Å². The van der Waals surface area contributed by atoms with Crippen molar-refractivity contribution in [1.82, 2.24) is 14.7 Å². The first-order valence-electron chi connectivity index (χ1n) is 14.0. The molecule has 2 aliphatic rings. The first-order chi connectivity index (χ1) is 20.2. The van der Waals surface area contributed by atoms with Crippen molar-refractivity contribution in [2.24, 2.45) is 0 Å². The second kappa shape index (κ2) is 12.3. The van der Waals surface area contributed by atoms with Gasteiger partial charge in [-0.05, 0) is 43.6 Å². The topological polar surface area (TPSA) is 115 Å². The highest BCUT2D eigenvalue weighted by atomic mass is 32.2. The highest BCUT2D eigenvalue weighted by molar-refractivity contribution is 7.90. The number of amides is 1. The molecule has 2 atom stereocenters. The molecule has 3 aromatic rings. The molecular weight excluding hydrogens is 556 g/mol. The number of carbonyl (C=O) groups excluding carboxylic acids is 1. The SMILES string of the molecule is COc1ccc(NC(COCc2ccccc2)C(=O)N[N+]2(S(C)(=O)=O)CC3(CCNCC3)c3ccccc32)cc1OC. The lowest BCUT2D eigenvalue weighted by molar-refractivity contribution is -0.126. The van der Waals surface area contributed by atoms with E-state index in [1.807, 2.05) is 54.6 Å². The van der Waals surface area contributed by atoms with E-state index in [0.717, 1.165) is 37.1 Å². The van der Waals surface area contributed by atoms with Crippen molar-refractivity contribution in [3.05, 3.63) is 83.9 Å². The molecule has 11 heteroatoms. The van der Waals surface area contributed by atoms with Crippen molar-refractivity contribution in [1.29, 1.82) is 0 Å². The van der Waals surface area contributed by atoms with E-state index in [-0.39, 0.29) is 18.6 Å². The smallest absolute Gasteiger partial charge is 0.321 e. The zero-order valence-corrected chi connectivity index (χ0v) is 25.1. The number of quaternary nitrogens is 1. The number of ether oxygens (including phenoxy) is 3. The van der Waals surface area contributed by atoms with Crippen LogP contribution in [0.5, 0.6) is 11.5 Å². The zero-order chi connectivity index (χ0) is 29.8. The fourth-order valence-electron chi connectivity index (χ4n) is 6.08. The minimum absolute atomic E-state index is 0.00442. The summed E-state index contributed by atoms with van der Waals surface area (Å²) in [4.78, 5) is 14.2. The average molecular weight is 596 g/mol. The zero-order valence-electron chi connectivity index (χ0n) is 24.3. The maximum atomic E-state index is 14.2. The summed E-state index contributed by atoms with van der Waals surface area (Å²) >= 11 is 0. The highest BCUT2D eigenvalue weighted by Crippen LogP contribution is 2.50. The van der Waals surface area contributed by atoms with Gasteiger partial charge in [0.1, 0.15) is 12.6 Å². The molecule has 0 aliphatic carbocycles. The molecular formula is C31H39N4O6S+. The van der Waals surface area contributed by atoms with Gasteiger partial charge < -0.3 is 24.8 Å². The van der Waals surface area contributed by atoms with Crippen LogP contribution in [0.1, 0.15) is 24.0 Å². The third kappa shape index (κ3) is 5.82. The van der Waals surface area contributed by atoms with Gasteiger partial charge in [-0.15, -0.1) is 0 Å². The van der Waals surface area contributed by atoms with Gasteiger partial charge in [0.05, 0.1) is 39.1 Å².